The lowest BCUT2D eigenvalue weighted by atomic mass is 9.98. The average Bonchev–Trinajstić information content (AvgIpc) is 2.76. The van der Waals surface area contributed by atoms with Gasteiger partial charge in [0.15, 0.2) is 0 Å². The molecule has 1 fully saturated rings. The largest absolute Gasteiger partial charge is 0.396 e. The molecule has 0 spiro atoms. The van der Waals surface area contributed by atoms with Gasteiger partial charge in [-0.3, -0.25) is 14.3 Å². The summed E-state index contributed by atoms with van der Waals surface area (Å²) in [7, 11) is 0. The molecule has 18 heavy (non-hydrogen) atoms. The Labute approximate surface area is 117 Å². The predicted octanol–water partition coefficient (Wildman–Crippen LogP) is -0.307. The highest BCUT2D eigenvalue weighted by molar-refractivity contribution is 14.1. The fourth-order valence-electron chi connectivity index (χ4n) is 2.59. The number of aromatic amines is 1. The molecule has 100 valence electrons. The molecule has 6 nitrogen and oxygen atoms in total. The van der Waals surface area contributed by atoms with E-state index >= 15 is 0 Å². The summed E-state index contributed by atoms with van der Waals surface area (Å²) in [4.78, 5) is 25.3. The molecular weight excluding hydrogens is 351 g/mol. The van der Waals surface area contributed by atoms with E-state index in [1.165, 1.54) is 4.57 Å². The van der Waals surface area contributed by atoms with Gasteiger partial charge in [-0.05, 0) is 47.3 Å². The molecule has 1 aliphatic carbocycles. The van der Waals surface area contributed by atoms with Crippen LogP contribution in [0.15, 0.2) is 15.8 Å². The van der Waals surface area contributed by atoms with Gasteiger partial charge in [0.05, 0.1) is 3.57 Å². The zero-order valence-corrected chi connectivity index (χ0v) is 11.8. The normalized spacial score (nSPS) is 24.6. The minimum absolute atomic E-state index is 0.0106. The van der Waals surface area contributed by atoms with E-state index in [0.29, 0.717) is 16.4 Å². The highest BCUT2D eigenvalue weighted by atomic mass is 127. The van der Waals surface area contributed by atoms with Crippen molar-refractivity contribution in [3.05, 3.63) is 30.6 Å². The SMILES string of the molecule is O=c1[nH]c(=O)n(C2C[C@@H](CO)[C@H](CO)C2)cc1I. The van der Waals surface area contributed by atoms with Crippen molar-refractivity contribution in [3.8, 4) is 0 Å². The van der Waals surface area contributed by atoms with Crippen LogP contribution in [0.2, 0.25) is 0 Å². The number of H-pyrrole nitrogens is 1. The Hall–Kier alpha value is -0.670. The second-order valence-corrected chi connectivity index (χ2v) is 5.82. The van der Waals surface area contributed by atoms with E-state index in [2.05, 4.69) is 4.98 Å². The van der Waals surface area contributed by atoms with Gasteiger partial charge < -0.3 is 10.2 Å². The first kappa shape index (κ1) is 13.8. The van der Waals surface area contributed by atoms with Gasteiger partial charge in [-0.1, -0.05) is 0 Å². The number of hydrogen-bond donors (Lipinski definition) is 3. The lowest BCUT2D eigenvalue weighted by Gasteiger charge is -2.13. The van der Waals surface area contributed by atoms with E-state index in [-0.39, 0.29) is 36.7 Å². The van der Waals surface area contributed by atoms with Gasteiger partial charge in [-0.25, -0.2) is 4.79 Å². The summed E-state index contributed by atoms with van der Waals surface area (Å²) < 4.78 is 1.96. The second kappa shape index (κ2) is 5.54. The predicted molar refractivity (Wildman–Crippen MR) is 73.5 cm³/mol. The number of rotatable bonds is 3. The number of aliphatic hydroxyl groups excluding tert-OH is 2. The maximum atomic E-state index is 11.7. The highest BCUT2D eigenvalue weighted by Crippen LogP contribution is 2.38. The molecule has 0 saturated heterocycles. The molecule has 2 rings (SSSR count). The fourth-order valence-corrected chi connectivity index (χ4v) is 3.02. The Morgan fingerprint density at radius 3 is 2.33 bits per heavy atom. The van der Waals surface area contributed by atoms with Crippen molar-refractivity contribution < 1.29 is 10.2 Å². The zero-order valence-electron chi connectivity index (χ0n) is 9.67. The van der Waals surface area contributed by atoms with Crippen LogP contribution in [-0.2, 0) is 0 Å². The summed E-state index contributed by atoms with van der Waals surface area (Å²) in [5.74, 6) is 0.0213. The van der Waals surface area contributed by atoms with Crippen LogP contribution in [0.5, 0.6) is 0 Å². The standard InChI is InChI=1S/C11H15IN2O4/c12-9-3-14(11(18)13-10(9)17)8-1-6(4-15)7(2-8)5-16/h3,6-8,15-16H,1-2,4-5H2,(H,13,17,18)/t6-,7-/m0/s1. The van der Waals surface area contributed by atoms with E-state index in [4.69, 9.17) is 0 Å². The molecule has 0 radical (unpaired) electrons. The second-order valence-electron chi connectivity index (χ2n) is 4.65. The van der Waals surface area contributed by atoms with Gasteiger partial charge in [0.25, 0.3) is 5.56 Å². The Bertz CT molecular complexity index is 527. The molecular formula is C11H15IN2O4. The number of nitrogens with zero attached hydrogens (tertiary/aromatic N) is 1. The smallest absolute Gasteiger partial charge is 0.328 e. The van der Waals surface area contributed by atoms with Crippen LogP contribution in [0.4, 0.5) is 0 Å². The quantitative estimate of drug-likeness (QED) is 0.640. The molecule has 0 aliphatic heterocycles. The third kappa shape index (κ3) is 2.52. The van der Waals surface area contributed by atoms with Crippen LogP contribution in [0.3, 0.4) is 0 Å². The molecule has 0 aromatic carbocycles. The first-order valence-electron chi connectivity index (χ1n) is 5.79. The van der Waals surface area contributed by atoms with E-state index < -0.39 is 5.69 Å². The molecule has 1 aromatic heterocycles. The molecule has 1 heterocycles. The topological polar surface area (TPSA) is 95.3 Å². The van der Waals surface area contributed by atoms with Gasteiger partial charge in [-0.2, -0.15) is 0 Å². The molecule has 0 amide bonds. The third-order valence-electron chi connectivity index (χ3n) is 3.60. The summed E-state index contributed by atoms with van der Waals surface area (Å²) >= 11 is 1.88. The van der Waals surface area contributed by atoms with Crippen molar-refractivity contribution in [2.24, 2.45) is 11.8 Å². The van der Waals surface area contributed by atoms with Crippen LogP contribution in [-0.4, -0.2) is 33.0 Å². The van der Waals surface area contributed by atoms with Gasteiger partial charge >= 0.3 is 5.69 Å². The van der Waals surface area contributed by atoms with Crippen molar-refractivity contribution in [1.29, 1.82) is 0 Å². The van der Waals surface area contributed by atoms with Crippen LogP contribution in [0.1, 0.15) is 18.9 Å². The molecule has 1 aliphatic rings. The lowest BCUT2D eigenvalue weighted by molar-refractivity contribution is 0.141. The molecule has 7 heteroatoms. The number of halogens is 1. The molecule has 2 atom stereocenters. The van der Waals surface area contributed by atoms with Gasteiger partial charge in [-0.15, -0.1) is 0 Å². The Balaban J connectivity index is 2.31. The van der Waals surface area contributed by atoms with Crippen LogP contribution in [0.25, 0.3) is 0 Å². The average molecular weight is 366 g/mol. The minimum Gasteiger partial charge on any atom is -0.396 e. The molecule has 1 aromatic rings. The number of nitrogens with one attached hydrogen (secondary N) is 1. The maximum absolute atomic E-state index is 11.7. The van der Waals surface area contributed by atoms with E-state index in [1.807, 2.05) is 22.6 Å². The van der Waals surface area contributed by atoms with Gasteiger partial charge in [0, 0.05) is 25.5 Å². The molecule has 0 unspecified atom stereocenters. The van der Waals surface area contributed by atoms with Crippen molar-refractivity contribution >= 4 is 22.6 Å². The summed E-state index contributed by atoms with van der Waals surface area (Å²) in [6.07, 6.45) is 2.83. The summed E-state index contributed by atoms with van der Waals surface area (Å²) in [6.45, 7) is 0.0217. The number of hydrogen-bond acceptors (Lipinski definition) is 4. The maximum Gasteiger partial charge on any atom is 0.328 e. The minimum atomic E-state index is -0.430. The monoisotopic (exact) mass is 366 g/mol. The van der Waals surface area contributed by atoms with E-state index in [9.17, 15) is 19.8 Å². The Morgan fingerprint density at radius 2 is 1.83 bits per heavy atom. The van der Waals surface area contributed by atoms with E-state index in [1.54, 1.807) is 6.20 Å². The Morgan fingerprint density at radius 1 is 1.28 bits per heavy atom. The Kier molecular flexibility index (Phi) is 4.23. The van der Waals surface area contributed by atoms with Crippen LogP contribution < -0.4 is 11.2 Å². The first-order chi connectivity index (χ1) is 8.56. The number of aliphatic hydroxyl groups is 2. The van der Waals surface area contributed by atoms with Crippen molar-refractivity contribution in [3.63, 3.8) is 0 Å². The van der Waals surface area contributed by atoms with Crippen molar-refractivity contribution in [1.82, 2.24) is 9.55 Å². The van der Waals surface area contributed by atoms with Gasteiger partial charge in [0.1, 0.15) is 0 Å². The van der Waals surface area contributed by atoms with Crippen LogP contribution >= 0.6 is 22.6 Å². The van der Waals surface area contributed by atoms with Crippen molar-refractivity contribution in [2.75, 3.05) is 13.2 Å². The molecule has 3 N–H and O–H groups in total. The third-order valence-corrected chi connectivity index (χ3v) is 4.37. The van der Waals surface area contributed by atoms with E-state index in [0.717, 1.165) is 0 Å². The fraction of sp³-hybridized carbons (Fsp3) is 0.636. The van der Waals surface area contributed by atoms with Crippen LogP contribution in [0, 0.1) is 15.4 Å². The molecule has 0 bridgehead atoms. The summed E-state index contributed by atoms with van der Waals surface area (Å²) in [5.41, 5.74) is -0.812. The first-order valence-corrected chi connectivity index (χ1v) is 6.87. The summed E-state index contributed by atoms with van der Waals surface area (Å²) in [5, 5.41) is 18.5. The van der Waals surface area contributed by atoms with Crippen molar-refractivity contribution in [2.45, 2.75) is 18.9 Å². The molecule has 1 saturated carbocycles. The number of aromatic nitrogens is 2. The lowest BCUT2D eigenvalue weighted by Crippen LogP contribution is -2.33. The zero-order chi connectivity index (χ0) is 13.3. The summed E-state index contributed by atoms with van der Waals surface area (Å²) in [6, 6.07) is -0.0721. The highest BCUT2D eigenvalue weighted by Gasteiger charge is 2.34. The van der Waals surface area contributed by atoms with Gasteiger partial charge in [0.2, 0.25) is 0 Å².